The Bertz CT molecular complexity index is 137. The molecule has 0 fully saturated rings. The first kappa shape index (κ1) is 11.5. The minimum absolute atomic E-state index is 0. The molecule has 0 amide bonds. The van der Waals surface area contributed by atoms with Gasteiger partial charge in [0, 0.05) is 51.4 Å². The second kappa shape index (κ2) is 7.73. The van der Waals surface area contributed by atoms with Gasteiger partial charge in [0.05, 0.1) is 0 Å². The first-order valence-electron chi connectivity index (χ1n) is 1.17. The molecule has 0 saturated heterocycles. The molecular formula is C3KN3Rh. The van der Waals surface area contributed by atoms with E-state index >= 15 is 0 Å². The van der Waals surface area contributed by atoms with Crippen LogP contribution in [0, 0.1) is 29.8 Å². The van der Waals surface area contributed by atoms with Gasteiger partial charge in [0.2, 0.25) is 0 Å². The molecule has 0 atom stereocenters. The van der Waals surface area contributed by atoms with Gasteiger partial charge in [0.1, 0.15) is 0 Å². The molecule has 0 N–H and O–H groups in total. The van der Waals surface area contributed by atoms with Crippen LogP contribution in [0.25, 0.3) is 0 Å². The van der Waals surface area contributed by atoms with Crippen LogP contribution in [0.2, 0.25) is 0 Å². The smallest absolute Gasteiger partial charge is 0 e. The summed E-state index contributed by atoms with van der Waals surface area (Å²) in [5.41, 5.74) is 0. The van der Waals surface area contributed by atoms with Crippen molar-refractivity contribution in [2.24, 2.45) is 0 Å². The Morgan fingerprint density at radius 2 is 1.12 bits per heavy atom. The monoisotopic (exact) mass is 220 g/mol. The first-order chi connectivity index (χ1) is 3.35. The Morgan fingerprint density at radius 1 is 0.875 bits per heavy atom. The standard InChI is InChI=1S/3CN.K.Rh/c3*1-2;;. The van der Waals surface area contributed by atoms with Crippen molar-refractivity contribution in [3.63, 3.8) is 0 Å². The maximum absolute atomic E-state index is 7.89. The van der Waals surface area contributed by atoms with Gasteiger partial charge in [-0.25, -0.2) is 0 Å². The van der Waals surface area contributed by atoms with E-state index in [0.29, 0.717) is 0 Å². The molecule has 8 heavy (non-hydrogen) atoms. The number of hydrogen-bond acceptors (Lipinski definition) is 3. The molecule has 0 heterocycles. The van der Waals surface area contributed by atoms with Crippen molar-refractivity contribution in [2.75, 3.05) is 0 Å². The molecule has 0 aliphatic heterocycles. The van der Waals surface area contributed by atoms with Crippen LogP contribution in [-0.4, -0.2) is 51.4 Å². The molecule has 0 aliphatic carbocycles. The maximum Gasteiger partial charge on any atom is 0 e. The zero-order chi connectivity index (χ0) is 5.70. The average Bonchev–Trinajstić information content (AvgIpc) is 1.72. The number of rotatable bonds is 0. The Balaban J connectivity index is 0. The summed E-state index contributed by atoms with van der Waals surface area (Å²) in [4.78, 5) is 0. The van der Waals surface area contributed by atoms with Crippen molar-refractivity contribution in [1.82, 2.24) is 0 Å². The number of nitriles is 3. The summed E-state index contributed by atoms with van der Waals surface area (Å²) in [7, 11) is 0. The third kappa shape index (κ3) is 4.88. The van der Waals surface area contributed by atoms with Gasteiger partial charge >= 0.3 is 45.7 Å². The topological polar surface area (TPSA) is 71.4 Å². The van der Waals surface area contributed by atoms with Crippen LogP contribution >= 0.6 is 0 Å². The largest absolute Gasteiger partial charge is 0 e. The fourth-order valence-electron chi connectivity index (χ4n) is 0.0500. The molecule has 1 radical (unpaired) electrons. The van der Waals surface area contributed by atoms with Gasteiger partial charge in [0.25, 0.3) is 0 Å². The van der Waals surface area contributed by atoms with Gasteiger partial charge < -0.3 is 0 Å². The Kier molecular flexibility index (Phi) is 11.1. The molecule has 0 saturated carbocycles. The van der Waals surface area contributed by atoms with Crippen molar-refractivity contribution in [2.45, 2.75) is 0 Å². The van der Waals surface area contributed by atoms with Crippen molar-refractivity contribution >= 4 is 51.4 Å². The van der Waals surface area contributed by atoms with Crippen molar-refractivity contribution < 1.29 is 16.0 Å². The van der Waals surface area contributed by atoms with E-state index in [1.807, 2.05) is 0 Å². The first-order valence-corrected chi connectivity index (χ1v) is 3.63. The van der Waals surface area contributed by atoms with E-state index in [1.165, 1.54) is 0 Å². The molecule has 37 valence electrons. The van der Waals surface area contributed by atoms with Crippen LogP contribution in [-0.2, 0) is 16.0 Å². The maximum atomic E-state index is 7.89. The molecule has 0 aliphatic rings. The number of nitrogens with zero attached hydrogens (tertiary/aromatic N) is 3. The van der Waals surface area contributed by atoms with E-state index < -0.39 is 16.0 Å². The van der Waals surface area contributed by atoms with E-state index in [-0.39, 0.29) is 51.4 Å². The van der Waals surface area contributed by atoms with E-state index in [4.69, 9.17) is 15.8 Å². The molecular weight excluding hydrogens is 220 g/mol. The zero-order valence-corrected chi connectivity index (χ0v) is 8.94. The van der Waals surface area contributed by atoms with Crippen LogP contribution in [0.1, 0.15) is 0 Å². The Hall–Kier alpha value is 0.730. The van der Waals surface area contributed by atoms with Gasteiger partial charge in [0.15, 0.2) is 0 Å². The Labute approximate surface area is 95.2 Å². The van der Waals surface area contributed by atoms with Crippen molar-refractivity contribution in [3.8, 4) is 14.0 Å². The third-order valence-corrected chi connectivity index (χ3v) is 1.32. The summed E-state index contributed by atoms with van der Waals surface area (Å²) in [6.45, 7) is 0. The van der Waals surface area contributed by atoms with Gasteiger partial charge in [-0.3, -0.25) is 0 Å². The Morgan fingerprint density at radius 3 is 1.12 bits per heavy atom. The van der Waals surface area contributed by atoms with Crippen LogP contribution in [0.3, 0.4) is 0 Å². The quantitative estimate of drug-likeness (QED) is 0.524. The predicted molar refractivity (Wildman–Crippen MR) is 22.6 cm³/mol. The fraction of sp³-hybridized carbons (Fsp3) is 0. The van der Waals surface area contributed by atoms with E-state index in [9.17, 15) is 0 Å². The third-order valence-electron chi connectivity index (χ3n) is 0.224. The van der Waals surface area contributed by atoms with Crippen LogP contribution < -0.4 is 0 Å². The van der Waals surface area contributed by atoms with Crippen molar-refractivity contribution in [3.05, 3.63) is 0 Å². The molecule has 3 nitrogen and oxygen atoms in total. The van der Waals surface area contributed by atoms with E-state index in [1.54, 1.807) is 14.0 Å². The number of hydrogen-bond donors (Lipinski definition) is 0. The van der Waals surface area contributed by atoms with Gasteiger partial charge in [-0.1, -0.05) is 0 Å². The van der Waals surface area contributed by atoms with Gasteiger partial charge in [-0.15, -0.1) is 0 Å². The molecule has 0 spiro atoms. The molecule has 5 heteroatoms. The van der Waals surface area contributed by atoms with Gasteiger partial charge in [-0.2, -0.15) is 0 Å². The minimum atomic E-state index is -2.18. The summed E-state index contributed by atoms with van der Waals surface area (Å²) >= 11 is -2.18. The average molecular weight is 220 g/mol. The molecule has 0 aromatic heterocycles. The fourth-order valence-corrected chi connectivity index (χ4v) is 0.296. The molecule has 0 bridgehead atoms. The summed E-state index contributed by atoms with van der Waals surface area (Å²) in [5.74, 6) is 0. The van der Waals surface area contributed by atoms with Crippen LogP contribution in [0.15, 0.2) is 0 Å². The molecule has 0 aromatic rings. The molecule has 0 unspecified atom stereocenters. The second-order valence-electron chi connectivity index (χ2n) is 0.474. The van der Waals surface area contributed by atoms with E-state index in [2.05, 4.69) is 0 Å². The normalized spacial score (nSPS) is 6.38. The zero-order valence-electron chi connectivity index (χ0n) is 4.17. The van der Waals surface area contributed by atoms with Gasteiger partial charge in [-0.05, 0) is 0 Å². The summed E-state index contributed by atoms with van der Waals surface area (Å²) in [6.07, 6.45) is 0. The summed E-state index contributed by atoms with van der Waals surface area (Å²) in [6, 6.07) is 0. The van der Waals surface area contributed by atoms with Crippen LogP contribution in [0.4, 0.5) is 0 Å². The summed E-state index contributed by atoms with van der Waals surface area (Å²) in [5, 5.41) is 23.7. The molecule has 0 rings (SSSR count). The van der Waals surface area contributed by atoms with Crippen molar-refractivity contribution in [1.29, 1.82) is 15.8 Å². The minimum Gasteiger partial charge on any atom is 0 e. The van der Waals surface area contributed by atoms with E-state index in [0.717, 1.165) is 0 Å². The second-order valence-corrected chi connectivity index (χ2v) is 2.80. The predicted octanol–water partition coefficient (Wildman–Crippen LogP) is -0.333. The summed E-state index contributed by atoms with van der Waals surface area (Å²) < 4.78 is 4.83. The SMILES string of the molecule is N#[C][Rh]([C]#N)[C]#N.[K]. The van der Waals surface area contributed by atoms with Crippen LogP contribution in [0.5, 0.6) is 0 Å². The molecule has 0 aromatic carbocycles.